The van der Waals surface area contributed by atoms with Crippen LogP contribution in [0.4, 0.5) is 0 Å². The maximum atomic E-state index is 10.4. The Balaban J connectivity index is 2.30. The van der Waals surface area contributed by atoms with Gasteiger partial charge in [0.05, 0.1) is 11.5 Å². The second-order valence-electron chi connectivity index (χ2n) is 4.43. The molecule has 16 heavy (non-hydrogen) atoms. The van der Waals surface area contributed by atoms with E-state index in [0.717, 1.165) is 39.9 Å². The minimum atomic E-state index is -0.630. The van der Waals surface area contributed by atoms with Gasteiger partial charge < -0.3 is 5.11 Å². The van der Waals surface area contributed by atoms with Crippen molar-refractivity contribution in [2.24, 2.45) is 5.41 Å². The SMILES string of the molecule is Cc1sc(C(O)C2(C#N)CCCC2)cc1Br. The minimum absolute atomic E-state index is 0.545. The zero-order chi connectivity index (χ0) is 11.8. The van der Waals surface area contributed by atoms with Crippen LogP contribution in [0.2, 0.25) is 0 Å². The van der Waals surface area contributed by atoms with Crippen LogP contribution in [0.15, 0.2) is 10.5 Å². The summed E-state index contributed by atoms with van der Waals surface area (Å²) in [6.07, 6.45) is 3.11. The van der Waals surface area contributed by atoms with E-state index in [1.807, 2.05) is 13.0 Å². The standard InChI is InChI=1S/C12H14BrNOS/c1-8-9(13)6-10(16-8)11(15)12(7-14)4-2-3-5-12/h6,11,15H,2-5H2,1H3. The molecule has 1 aliphatic rings. The summed E-state index contributed by atoms with van der Waals surface area (Å²) in [5, 5.41) is 19.7. The van der Waals surface area contributed by atoms with Crippen LogP contribution < -0.4 is 0 Å². The van der Waals surface area contributed by atoms with E-state index in [1.54, 1.807) is 11.3 Å². The highest BCUT2D eigenvalue weighted by Gasteiger charge is 2.42. The van der Waals surface area contributed by atoms with Crippen molar-refractivity contribution >= 4 is 27.3 Å². The number of aryl methyl sites for hydroxylation is 1. The number of aliphatic hydroxyl groups excluding tert-OH is 1. The lowest BCUT2D eigenvalue weighted by Crippen LogP contribution is -2.23. The molecule has 0 amide bonds. The Morgan fingerprint density at radius 1 is 1.56 bits per heavy atom. The molecule has 0 bridgehead atoms. The molecular weight excluding hydrogens is 286 g/mol. The van der Waals surface area contributed by atoms with Crippen LogP contribution in [0, 0.1) is 23.7 Å². The summed E-state index contributed by atoms with van der Waals surface area (Å²) in [5.41, 5.74) is -0.545. The molecule has 1 aromatic heterocycles. The van der Waals surface area contributed by atoms with Crippen LogP contribution in [-0.4, -0.2) is 5.11 Å². The van der Waals surface area contributed by atoms with E-state index in [-0.39, 0.29) is 0 Å². The van der Waals surface area contributed by atoms with Gasteiger partial charge in [-0.1, -0.05) is 12.8 Å². The van der Waals surface area contributed by atoms with E-state index < -0.39 is 11.5 Å². The number of hydrogen-bond acceptors (Lipinski definition) is 3. The fourth-order valence-corrected chi connectivity index (χ4v) is 4.01. The summed E-state index contributed by atoms with van der Waals surface area (Å²) >= 11 is 5.02. The predicted molar refractivity (Wildman–Crippen MR) is 68.2 cm³/mol. The molecule has 0 radical (unpaired) electrons. The normalized spacial score (nSPS) is 20.6. The quantitative estimate of drug-likeness (QED) is 0.899. The largest absolute Gasteiger partial charge is 0.386 e. The monoisotopic (exact) mass is 299 g/mol. The molecule has 4 heteroatoms. The number of nitrogens with zero attached hydrogens (tertiary/aromatic N) is 1. The molecule has 1 fully saturated rings. The van der Waals surface area contributed by atoms with Crippen LogP contribution in [0.3, 0.4) is 0 Å². The minimum Gasteiger partial charge on any atom is -0.386 e. The Labute approximate surface area is 108 Å². The van der Waals surface area contributed by atoms with Gasteiger partial charge >= 0.3 is 0 Å². The summed E-state index contributed by atoms with van der Waals surface area (Å²) in [4.78, 5) is 2.06. The van der Waals surface area contributed by atoms with E-state index in [1.165, 1.54) is 0 Å². The van der Waals surface area contributed by atoms with Gasteiger partial charge in [0.25, 0.3) is 0 Å². The van der Waals surface area contributed by atoms with Gasteiger partial charge in [0.15, 0.2) is 0 Å². The number of rotatable bonds is 2. The fourth-order valence-electron chi connectivity index (χ4n) is 2.34. The molecule has 0 saturated heterocycles. The third kappa shape index (κ3) is 1.92. The van der Waals surface area contributed by atoms with Gasteiger partial charge in [0, 0.05) is 14.2 Å². The van der Waals surface area contributed by atoms with E-state index >= 15 is 0 Å². The van der Waals surface area contributed by atoms with Gasteiger partial charge in [-0.25, -0.2) is 0 Å². The second-order valence-corrected chi connectivity index (χ2v) is 6.57. The van der Waals surface area contributed by atoms with E-state index in [4.69, 9.17) is 0 Å². The maximum absolute atomic E-state index is 10.4. The fraction of sp³-hybridized carbons (Fsp3) is 0.583. The first-order valence-corrected chi connectivity index (χ1v) is 7.05. The number of halogens is 1. The van der Waals surface area contributed by atoms with Crippen LogP contribution >= 0.6 is 27.3 Å². The van der Waals surface area contributed by atoms with Crippen molar-refractivity contribution in [1.29, 1.82) is 5.26 Å². The molecule has 0 aliphatic heterocycles. The number of hydrogen-bond donors (Lipinski definition) is 1. The molecule has 1 aliphatic carbocycles. The average Bonchev–Trinajstić information content (AvgIpc) is 2.87. The molecule has 86 valence electrons. The Kier molecular flexibility index (Phi) is 3.39. The first-order chi connectivity index (χ1) is 7.59. The van der Waals surface area contributed by atoms with Crippen LogP contribution in [0.1, 0.15) is 41.5 Å². The lowest BCUT2D eigenvalue weighted by Gasteiger charge is -2.25. The molecule has 1 saturated carbocycles. The lowest BCUT2D eigenvalue weighted by molar-refractivity contribution is 0.0702. The molecule has 2 nitrogen and oxygen atoms in total. The number of aliphatic hydroxyl groups is 1. The third-order valence-electron chi connectivity index (χ3n) is 3.39. The highest BCUT2D eigenvalue weighted by molar-refractivity contribution is 9.10. The van der Waals surface area contributed by atoms with Gasteiger partial charge in [-0.15, -0.1) is 11.3 Å². The second kappa shape index (κ2) is 4.48. The van der Waals surface area contributed by atoms with Crippen molar-refractivity contribution in [3.05, 3.63) is 20.3 Å². The van der Waals surface area contributed by atoms with Crippen molar-refractivity contribution in [1.82, 2.24) is 0 Å². The molecule has 1 N–H and O–H groups in total. The predicted octanol–water partition coefficient (Wildman–Crippen LogP) is 3.94. The first kappa shape index (κ1) is 12.1. The Hall–Kier alpha value is -0.370. The molecule has 0 aromatic carbocycles. The van der Waals surface area contributed by atoms with Crippen LogP contribution in [0.5, 0.6) is 0 Å². The maximum Gasteiger partial charge on any atom is 0.107 e. The Morgan fingerprint density at radius 3 is 2.62 bits per heavy atom. The van der Waals surface area contributed by atoms with Gasteiger partial charge in [-0.2, -0.15) is 5.26 Å². The molecule has 2 rings (SSSR count). The summed E-state index contributed by atoms with van der Waals surface area (Å²) in [6.45, 7) is 2.01. The Bertz CT molecular complexity index is 409. The molecule has 1 aromatic rings. The molecule has 1 atom stereocenters. The molecule has 0 spiro atoms. The topological polar surface area (TPSA) is 44.0 Å². The van der Waals surface area contributed by atoms with Gasteiger partial charge in [-0.05, 0) is 41.8 Å². The number of nitriles is 1. The van der Waals surface area contributed by atoms with Crippen LogP contribution in [-0.2, 0) is 0 Å². The average molecular weight is 300 g/mol. The van der Waals surface area contributed by atoms with E-state index in [2.05, 4.69) is 22.0 Å². The van der Waals surface area contributed by atoms with Crippen molar-refractivity contribution in [2.45, 2.75) is 38.7 Å². The van der Waals surface area contributed by atoms with Crippen molar-refractivity contribution in [2.75, 3.05) is 0 Å². The zero-order valence-electron chi connectivity index (χ0n) is 9.16. The molecule has 1 unspecified atom stereocenters. The first-order valence-electron chi connectivity index (χ1n) is 5.44. The smallest absolute Gasteiger partial charge is 0.107 e. The van der Waals surface area contributed by atoms with Gasteiger partial charge in [-0.3, -0.25) is 0 Å². The lowest BCUT2D eigenvalue weighted by atomic mass is 9.81. The zero-order valence-corrected chi connectivity index (χ0v) is 11.6. The Morgan fingerprint density at radius 2 is 2.19 bits per heavy atom. The van der Waals surface area contributed by atoms with E-state index in [0.29, 0.717) is 0 Å². The van der Waals surface area contributed by atoms with Gasteiger partial charge in [0.2, 0.25) is 0 Å². The van der Waals surface area contributed by atoms with Gasteiger partial charge in [0.1, 0.15) is 6.10 Å². The summed E-state index contributed by atoms with van der Waals surface area (Å²) in [5.74, 6) is 0. The van der Waals surface area contributed by atoms with Crippen LogP contribution in [0.25, 0.3) is 0 Å². The summed E-state index contributed by atoms with van der Waals surface area (Å²) in [6, 6.07) is 4.29. The number of thiophene rings is 1. The van der Waals surface area contributed by atoms with E-state index in [9.17, 15) is 10.4 Å². The highest BCUT2D eigenvalue weighted by Crippen LogP contribution is 2.49. The molecular formula is C12H14BrNOS. The summed E-state index contributed by atoms with van der Waals surface area (Å²) in [7, 11) is 0. The van der Waals surface area contributed by atoms with Crippen molar-refractivity contribution < 1.29 is 5.11 Å². The van der Waals surface area contributed by atoms with Crippen molar-refractivity contribution in [3.63, 3.8) is 0 Å². The van der Waals surface area contributed by atoms with Crippen molar-refractivity contribution in [3.8, 4) is 6.07 Å². The summed E-state index contributed by atoms with van der Waals surface area (Å²) < 4.78 is 1.03. The third-order valence-corrected chi connectivity index (χ3v) is 5.58. The highest BCUT2D eigenvalue weighted by atomic mass is 79.9. The molecule has 1 heterocycles.